The minimum absolute atomic E-state index is 0.100. The normalized spacial score (nSPS) is 10.6. The lowest BCUT2D eigenvalue weighted by molar-refractivity contribution is -0.387. The van der Waals surface area contributed by atoms with E-state index in [0.717, 1.165) is 12.1 Å². The number of benzene rings is 1. The highest BCUT2D eigenvalue weighted by Crippen LogP contribution is 2.18. The number of nitro benzene ring substituents is 1. The molecule has 0 bridgehead atoms. The highest BCUT2D eigenvalue weighted by atomic mass is 19.1. The third kappa shape index (κ3) is 4.58. The summed E-state index contributed by atoms with van der Waals surface area (Å²) in [6.07, 6.45) is 0. The number of carbonyl (C=O) groups is 1. The number of nitro groups is 1. The van der Waals surface area contributed by atoms with Gasteiger partial charge in [-0.05, 0) is 25.1 Å². The highest BCUT2D eigenvalue weighted by molar-refractivity contribution is 5.77. The van der Waals surface area contributed by atoms with Crippen molar-refractivity contribution < 1.29 is 14.1 Å². The first kappa shape index (κ1) is 16.0. The molecule has 0 aliphatic carbocycles. The van der Waals surface area contributed by atoms with Crippen LogP contribution in [-0.4, -0.2) is 35.4 Å². The van der Waals surface area contributed by atoms with Crippen LogP contribution in [0.5, 0.6) is 0 Å². The fourth-order valence-electron chi connectivity index (χ4n) is 1.79. The predicted molar refractivity (Wildman–Crippen MR) is 72.7 cm³/mol. The van der Waals surface area contributed by atoms with E-state index in [4.69, 9.17) is 0 Å². The van der Waals surface area contributed by atoms with Crippen molar-refractivity contribution in [2.24, 2.45) is 0 Å². The van der Waals surface area contributed by atoms with Gasteiger partial charge in [0.1, 0.15) is 0 Å². The fourth-order valence-corrected chi connectivity index (χ4v) is 1.79. The molecule has 0 aliphatic heterocycles. The smallest absolute Gasteiger partial charge is 0.304 e. The second-order valence-electron chi connectivity index (χ2n) is 4.30. The molecule has 7 heteroatoms. The number of nitrogens with zero attached hydrogens (tertiary/aromatic N) is 2. The van der Waals surface area contributed by atoms with Crippen LogP contribution in [-0.2, 0) is 11.3 Å². The number of likely N-dealkylation sites (N-methyl/N-ethyl adjacent to an activating group) is 2. The van der Waals surface area contributed by atoms with Crippen molar-refractivity contribution in [1.29, 1.82) is 0 Å². The molecule has 0 aromatic heterocycles. The predicted octanol–water partition coefficient (Wildman–Crippen LogP) is 1.69. The molecular formula is C13H18FN3O3. The Balaban J connectivity index is 2.73. The van der Waals surface area contributed by atoms with Gasteiger partial charge in [-0.3, -0.25) is 19.8 Å². The molecule has 6 nitrogen and oxygen atoms in total. The van der Waals surface area contributed by atoms with Gasteiger partial charge in [-0.15, -0.1) is 0 Å². The average molecular weight is 283 g/mol. The number of nitrogens with one attached hydrogen (secondary N) is 1. The van der Waals surface area contributed by atoms with E-state index in [0.29, 0.717) is 25.2 Å². The molecule has 0 heterocycles. The van der Waals surface area contributed by atoms with Gasteiger partial charge in [0.2, 0.25) is 11.7 Å². The third-order valence-electron chi connectivity index (χ3n) is 2.80. The topological polar surface area (TPSA) is 75.5 Å². The van der Waals surface area contributed by atoms with Crippen LogP contribution < -0.4 is 5.32 Å². The summed E-state index contributed by atoms with van der Waals surface area (Å²) in [6.45, 7) is 5.48. The maximum absolute atomic E-state index is 13.5. The molecule has 1 aromatic rings. The average Bonchev–Trinajstić information content (AvgIpc) is 2.37. The quantitative estimate of drug-likeness (QED) is 0.610. The first-order valence-corrected chi connectivity index (χ1v) is 6.39. The summed E-state index contributed by atoms with van der Waals surface area (Å²) in [5.74, 6) is -0.960. The van der Waals surface area contributed by atoms with E-state index >= 15 is 0 Å². The van der Waals surface area contributed by atoms with Crippen molar-refractivity contribution in [2.45, 2.75) is 20.4 Å². The number of carbonyl (C=O) groups excluding carboxylic acids is 1. The van der Waals surface area contributed by atoms with Crippen LogP contribution in [0.15, 0.2) is 18.2 Å². The minimum Gasteiger partial charge on any atom is -0.355 e. The lowest BCUT2D eigenvalue weighted by Crippen LogP contribution is -2.36. The summed E-state index contributed by atoms with van der Waals surface area (Å²) in [5.41, 5.74) is 0.0553. The Morgan fingerprint density at radius 1 is 1.45 bits per heavy atom. The summed E-state index contributed by atoms with van der Waals surface area (Å²) in [5, 5.41) is 13.2. The van der Waals surface area contributed by atoms with E-state index in [9.17, 15) is 19.3 Å². The Labute approximate surface area is 116 Å². The standard InChI is InChI=1S/C13H18FN3O3/c1-3-15-13(18)9-16(4-2)8-10-5-6-12(17(19)20)11(14)7-10/h5-7H,3-4,8-9H2,1-2H3,(H,15,18). The van der Waals surface area contributed by atoms with Gasteiger partial charge >= 0.3 is 5.69 Å². The van der Waals surface area contributed by atoms with Crippen molar-refractivity contribution in [3.63, 3.8) is 0 Å². The Kier molecular flexibility index (Phi) is 6.05. The fraction of sp³-hybridized carbons (Fsp3) is 0.462. The maximum atomic E-state index is 13.5. The molecule has 0 atom stereocenters. The molecule has 0 aliphatic rings. The largest absolute Gasteiger partial charge is 0.355 e. The summed E-state index contributed by atoms with van der Waals surface area (Å²) < 4.78 is 13.5. The third-order valence-corrected chi connectivity index (χ3v) is 2.80. The Hall–Kier alpha value is -2.02. The lowest BCUT2D eigenvalue weighted by Gasteiger charge is -2.19. The first-order valence-electron chi connectivity index (χ1n) is 6.39. The first-order chi connectivity index (χ1) is 9.47. The molecule has 110 valence electrons. The van der Waals surface area contributed by atoms with E-state index in [2.05, 4.69) is 5.32 Å². The van der Waals surface area contributed by atoms with Crippen LogP contribution in [0.3, 0.4) is 0 Å². The highest BCUT2D eigenvalue weighted by Gasteiger charge is 2.15. The van der Waals surface area contributed by atoms with Crippen molar-refractivity contribution in [3.05, 3.63) is 39.7 Å². The molecule has 1 aromatic carbocycles. The van der Waals surface area contributed by atoms with Gasteiger partial charge in [-0.1, -0.05) is 13.0 Å². The van der Waals surface area contributed by atoms with Crippen molar-refractivity contribution in [3.8, 4) is 0 Å². The number of hydrogen-bond acceptors (Lipinski definition) is 4. The van der Waals surface area contributed by atoms with Crippen molar-refractivity contribution in [1.82, 2.24) is 10.2 Å². The van der Waals surface area contributed by atoms with Gasteiger partial charge < -0.3 is 5.32 Å². The molecule has 0 saturated heterocycles. The SMILES string of the molecule is CCNC(=O)CN(CC)Cc1ccc([N+](=O)[O-])c(F)c1. The minimum atomic E-state index is -0.860. The molecular weight excluding hydrogens is 265 g/mol. The summed E-state index contributed by atoms with van der Waals surface area (Å²) in [4.78, 5) is 23.1. The number of hydrogen-bond donors (Lipinski definition) is 1. The van der Waals surface area contributed by atoms with Crippen LogP contribution >= 0.6 is 0 Å². The van der Waals surface area contributed by atoms with Gasteiger partial charge in [-0.2, -0.15) is 4.39 Å². The monoisotopic (exact) mass is 283 g/mol. The van der Waals surface area contributed by atoms with Gasteiger partial charge in [-0.25, -0.2) is 0 Å². The van der Waals surface area contributed by atoms with E-state index < -0.39 is 16.4 Å². The van der Waals surface area contributed by atoms with Crippen LogP contribution in [0, 0.1) is 15.9 Å². The molecule has 20 heavy (non-hydrogen) atoms. The Bertz CT molecular complexity index is 494. The van der Waals surface area contributed by atoms with Crippen LogP contribution in [0.25, 0.3) is 0 Å². The number of amides is 1. The summed E-state index contributed by atoms with van der Waals surface area (Å²) >= 11 is 0. The van der Waals surface area contributed by atoms with Gasteiger partial charge in [0.05, 0.1) is 11.5 Å². The van der Waals surface area contributed by atoms with Gasteiger partial charge in [0.15, 0.2) is 0 Å². The van der Waals surface area contributed by atoms with Gasteiger partial charge in [0.25, 0.3) is 0 Å². The Morgan fingerprint density at radius 3 is 2.65 bits per heavy atom. The summed E-state index contributed by atoms with van der Waals surface area (Å²) in [6, 6.07) is 3.78. The molecule has 1 rings (SSSR count). The zero-order valence-corrected chi connectivity index (χ0v) is 11.6. The second-order valence-corrected chi connectivity index (χ2v) is 4.30. The molecule has 1 N–H and O–H groups in total. The van der Waals surface area contributed by atoms with Crippen molar-refractivity contribution in [2.75, 3.05) is 19.6 Å². The second kappa shape index (κ2) is 7.54. The van der Waals surface area contributed by atoms with Gasteiger partial charge in [0, 0.05) is 19.2 Å². The Morgan fingerprint density at radius 2 is 2.15 bits per heavy atom. The van der Waals surface area contributed by atoms with Crippen molar-refractivity contribution >= 4 is 11.6 Å². The van der Waals surface area contributed by atoms with E-state index in [1.807, 2.05) is 18.7 Å². The summed E-state index contributed by atoms with van der Waals surface area (Å²) in [7, 11) is 0. The van der Waals surface area contributed by atoms with Crippen LogP contribution in [0.4, 0.5) is 10.1 Å². The zero-order chi connectivity index (χ0) is 15.1. The number of halogens is 1. The van der Waals surface area contributed by atoms with Crippen LogP contribution in [0.1, 0.15) is 19.4 Å². The molecule has 0 saturated carbocycles. The lowest BCUT2D eigenvalue weighted by atomic mass is 10.2. The maximum Gasteiger partial charge on any atom is 0.304 e. The van der Waals surface area contributed by atoms with E-state index in [1.165, 1.54) is 6.07 Å². The molecule has 1 amide bonds. The number of rotatable bonds is 7. The molecule has 0 fully saturated rings. The molecule has 0 unspecified atom stereocenters. The van der Waals surface area contributed by atoms with Crippen LogP contribution in [0.2, 0.25) is 0 Å². The van der Waals surface area contributed by atoms with E-state index in [-0.39, 0.29) is 12.5 Å². The molecule has 0 radical (unpaired) electrons. The zero-order valence-electron chi connectivity index (χ0n) is 11.6. The van der Waals surface area contributed by atoms with E-state index in [1.54, 1.807) is 0 Å². The molecule has 0 spiro atoms.